The number of hydrogen-bond acceptors (Lipinski definition) is 6. The Labute approximate surface area is 112 Å². The molecule has 1 aromatic rings. The second-order valence-corrected chi connectivity index (χ2v) is 4.38. The number of ether oxygens (including phenoxy) is 2. The largest absolute Gasteiger partial charge is 0.741 e. The Morgan fingerprint density at radius 1 is 1.25 bits per heavy atom. The lowest BCUT2D eigenvalue weighted by molar-refractivity contribution is -0.0517. The summed E-state index contributed by atoms with van der Waals surface area (Å²) in [5.74, 6) is 0.982. The van der Waals surface area contributed by atoms with E-state index >= 15 is 0 Å². The molecule has 0 atom stereocenters. The van der Waals surface area contributed by atoms with Gasteiger partial charge in [0.25, 0.3) is 5.75 Å². The first-order chi connectivity index (χ1) is 9.08. The van der Waals surface area contributed by atoms with Crippen molar-refractivity contribution >= 4 is 15.8 Å². The van der Waals surface area contributed by atoms with Crippen LogP contribution in [0.25, 0.3) is 4.98 Å². The molecule has 7 nitrogen and oxygen atoms in total. The number of para-hydroxylation sites is 1. The molecule has 1 aromatic carbocycles. The Morgan fingerprint density at radius 3 is 2.05 bits per heavy atom. The molecule has 0 aromatic heterocycles. The molecular formula is C9H9F3N2O5S. The Balaban J connectivity index is 0.000000396. The van der Waals surface area contributed by atoms with Gasteiger partial charge in [0.2, 0.25) is 5.39 Å². The van der Waals surface area contributed by atoms with E-state index in [2.05, 4.69) is 4.98 Å². The van der Waals surface area contributed by atoms with Crippen LogP contribution in [0.15, 0.2) is 18.2 Å². The number of alkyl halides is 3. The van der Waals surface area contributed by atoms with Gasteiger partial charge in [0.05, 0.1) is 14.2 Å². The quantitative estimate of drug-likeness (QED) is 0.471. The molecule has 0 saturated heterocycles. The normalized spacial score (nSPS) is 10.8. The van der Waals surface area contributed by atoms with Crippen molar-refractivity contribution in [2.45, 2.75) is 5.51 Å². The molecule has 0 aliphatic rings. The van der Waals surface area contributed by atoms with E-state index in [0.717, 1.165) is 0 Å². The van der Waals surface area contributed by atoms with Crippen LogP contribution < -0.4 is 9.47 Å². The summed E-state index contributed by atoms with van der Waals surface area (Å²) in [4.78, 5) is 3.04. The predicted molar refractivity (Wildman–Crippen MR) is 60.0 cm³/mol. The van der Waals surface area contributed by atoms with Crippen LogP contribution in [0.5, 0.6) is 11.5 Å². The average Bonchev–Trinajstić information content (AvgIpc) is 2.35. The lowest BCUT2D eigenvalue weighted by Gasteiger charge is -2.08. The lowest BCUT2D eigenvalue weighted by Crippen LogP contribution is -2.21. The van der Waals surface area contributed by atoms with Gasteiger partial charge in [0, 0.05) is 6.07 Å². The van der Waals surface area contributed by atoms with Gasteiger partial charge in [0.15, 0.2) is 20.8 Å². The van der Waals surface area contributed by atoms with Crippen molar-refractivity contribution < 1.29 is 35.6 Å². The molecule has 11 heteroatoms. The summed E-state index contributed by atoms with van der Waals surface area (Å²) in [6.45, 7) is 0. The average molecular weight is 314 g/mol. The lowest BCUT2D eigenvalue weighted by atomic mass is 10.3. The number of methoxy groups -OCH3 is 2. The highest BCUT2D eigenvalue weighted by Crippen LogP contribution is 2.36. The maximum absolute atomic E-state index is 10.7. The third-order valence-electron chi connectivity index (χ3n) is 1.77. The van der Waals surface area contributed by atoms with Gasteiger partial charge < -0.3 is 14.0 Å². The number of nitrogens with zero attached hydrogens (tertiary/aromatic N) is 2. The standard InChI is InChI=1S/C8H9N2O2.CHF3O3S/c1-11-7-5-3-4-6(10-9)8(7)12-2;2-1(3,4)8(5,6)7/h3-5H,1-2H3;(H,5,6,7)/q+1;/p-1. The van der Waals surface area contributed by atoms with Crippen LogP contribution in [0.4, 0.5) is 18.9 Å². The maximum Gasteiger partial charge on any atom is 0.485 e. The van der Waals surface area contributed by atoms with Crippen molar-refractivity contribution in [3.63, 3.8) is 0 Å². The van der Waals surface area contributed by atoms with E-state index in [1.807, 2.05) is 0 Å². The molecule has 0 heterocycles. The highest BCUT2D eigenvalue weighted by Gasteiger charge is 2.36. The Morgan fingerprint density at radius 2 is 1.75 bits per heavy atom. The third-order valence-corrected chi connectivity index (χ3v) is 2.34. The minimum absolute atomic E-state index is 0.358. The molecule has 0 spiro atoms. The fraction of sp³-hybridized carbons (Fsp3) is 0.333. The summed E-state index contributed by atoms with van der Waals surface area (Å²) in [6.07, 6.45) is 0. The first kappa shape index (κ1) is 17.9. The fourth-order valence-corrected chi connectivity index (χ4v) is 0.949. The molecule has 0 fully saturated rings. The molecule has 0 amide bonds. The van der Waals surface area contributed by atoms with Crippen molar-refractivity contribution in [3.05, 3.63) is 23.2 Å². The third kappa shape index (κ3) is 4.90. The van der Waals surface area contributed by atoms with E-state index in [1.165, 1.54) is 14.2 Å². The number of halogens is 3. The van der Waals surface area contributed by atoms with Crippen LogP contribution >= 0.6 is 0 Å². The van der Waals surface area contributed by atoms with Crippen molar-refractivity contribution in [2.24, 2.45) is 0 Å². The van der Waals surface area contributed by atoms with Gasteiger partial charge in [-0.1, -0.05) is 6.07 Å². The van der Waals surface area contributed by atoms with Gasteiger partial charge in [-0.05, 0) is 6.07 Å². The van der Waals surface area contributed by atoms with Crippen molar-refractivity contribution in [3.8, 4) is 11.5 Å². The van der Waals surface area contributed by atoms with Gasteiger partial charge in [-0.25, -0.2) is 8.42 Å². The molecule has 0 radical (unpaired) electrons. The van der Waals surface area contributed by atoms with E-state index in [-0.39, 0.29) is 0 Å². The highest BCUT2D eigenvalue weighted by molar-refractivity contribution is 7.86. The maximum atomic E-state index is 10.7. The van der Waals surface area contributed by atoms with Gasteiger partial charge in [-0.2, -0.15) is 13.2 Å². The van der Waals surface area contributed by atoms with Gasteiger partial charge >= 0.3 is 11.2 Å². The second kappa shape index (κ2) is 6.92. The van der Waals surface area contributed by atoms with Crippen molar-refractivity contribution in [2.75, 3.05) is 14.2 Å². The van der Waals surface area contributed by atoms with E-state index < -0.39 is 15.6 Å². The first-order valence-corrected chi connectivity index (χ1v) is 6.07. The zero-order valence-electron chi connectivity index (χ0n) is 10.2. The monoisotopic (exact) mass is 314 g/mol. The number of rotatable bonds is 2. The molecule has 20 heavy (non-hydrogen) atoms. The van der Waals surface area contributed by atoms with Crippen molar-refractivity contribution in [1.82, 2.24) is 0 Å². The molecule has 112 valence electrons. The molecule has 0 aliphatic carbocycles. The Kier molecular flexibility index (Phi) is 6.21. The van der Waals surface area contributed by atoms with Crippen LogP contribution in [0.1, 0.15) is 0 Å². The summed E-state index contributed by atoms with van der Waals surface area (Å²) in [5.41, 5.74) is -5.29. The summed E-state index contributed by atoms with van der Waals surface area (Å²) in [5, 5.41) is 8.56. The van der Waals surface area contributed by atoms with Crippen LogP contribution in [0.2, 0.25) is 0 Å². The molecule has 0 bridgehead atoms. The minimum Gasteiger partial charge on any atom is -0.741 e. The summed E-state index contributed by atoms with van der Waals surface area (Å²) in [6, 6.07) is 5.07. The smallest absolute Gasteiger partial charge is 0.485 e. The minimum atomic E-state index is -6.09. The molecule has 0 N–H and O–H groups in total. The predicted octanol–water partition coefficient (Wildman–Crippen LogP) is 2.24. The van der Waals surface area contributed by atoms with Gasteiger partial charge in [0.1, 0.15) is 0 Å². The number of diazo groups is 1. The van der Waals surface area contributed by atoms with Gasteiger partial charge in [-0.3, -0.25) is 0 Å². The van der Waals surface area contributed by atoms with E-state index in [0.29, 0.717) is 17.2 Å². The van der Waals surface area contributed by atoms with Crippen LogP contribution in [0.3, 0.4) is 0 Å². The van der Waals surface area contributed by atoms with Crippen LogP contribution in [0, 0.1) is 5.39 Å². The molecular weight excluding hydrogens is 305 g/mol. The van der Waals surface area contributed by atoms with E-state index in [1.54, 1.807) is 18.2 Å². The Hall–Kier alpha value is -2.06. The molecule has 0 unspecified atom stereocenters. The van der Waals surface area contributed by atoms with Crippen LogP contribution in [-0.4, -0.2) is 32.7 Å². The summed E-state index contributed by atoms with van der Waals surface area (Å²) < 4.78 is 68.9. The summed E-state index contributed by atoms with van der Waals surface area (Å²) in [7, 11) is -3.07. The van der Waals surface area contributed by atoms with Gasteiger partial charge in [-0.15, -0.1) is 0 Å². The number of benzene rings is 1. The number of hydrogen-bond donors (Lipinski definition) is 0. The van der Waals surface area contributed by atoms with Crippen molar-refractivity contribution in [1.29, 1.82) is 5.39 Å². The second-order valence-electron chi connectivity index (χ2n) is 3.01. The molecule has 1 rings (SSSR count). The van der Waals surface area contributed by atoms with E-state index in [4.69, 9.17) is 27.8 Å². The topological polar surface area (TPSA) is 104 Å². The van der Waals surface area contributed by atoms with E-state index in [9.17, 15) is 13.2 Å². The zero-order valence-corrected chi connectivity index (χ0v) is 11.0. The summed E-state index contributed by atoms with van der Waals surface area (Å²) >= 11 is 0. The molecule has 0 aliphatic heterocycles. The Bertz CT molecular complexity index is 595. The SMILES string of the molecule is COc1cccc([N+]#N)c1OC.O=S(=O)([O-])C(F)(F)F. The highest BCUT2D eigenvalue weighted by atomic mass is 32.2. The fourth-order valence-electron chi connectivity index (χ4n) is 0.949. The zero-order chi connectivity index (χ0) is 16.0. The molecule has 0 saturated carbocycles. The first-order valence-electron chi connectivity index (χ1n) is 4.66. The van der Waals surface area contributed by atoms with Crippen LogP contribution in [-0.2, 0) is 10.1 Å².